The number of methoxy groups -OCH3 is 1. The van der Waals surface area contributed by atoms with Crippen LogP contribution in [0.15, 0.2) is 18.2 Å². The van der Waals surface area contributed by atoms with Gasteiger partial charge in [0.2, 0.25) is 0 Å². The van der Waals surface area contributed by atoms with Crippen LogP contribution in [0, 0.1) is 4.77 Å². The van der Waals surface area contributed by atoms with Crippen molar-refractivity contribution in [2.45, 2.75) is 13.0 Å². The Bertz CT molecular complexity index is 573. The Morgan fingerprint density at radius 1 is 1.53 bits per heavy atom. The third-order valence-electron chi connectivity index (χ3n) is 2.77. The fourth-order valence-corrected chi connectivity index (χ4v) is 3.01. The summed E-state index contributed by atoms with van der Waals surface area (Å²) < 4.78 is 8.15. The Kier molecular flexibility index (Phi) is 3.79. The molecule has 0 amide bonds. The van der Waals surface area contributed by atoms with Crippen LogP contribution in [0.2, 0.25) is 0 Å². The number of benzene rings is 1. The standard InChI is InChI=1S/C12H16N2OS2/c1-8(7-17-3)14-11-5-4-9(15-2)6-10(11)13-12(14)16/h4-6,8H,7H2,1-3H3,(H,13,16). The van der Waals surface area contributed by atoms with E-state index in [1.54, 1.807) is 7.11 Å². The number of rotatable bonds is 4. The van der Waals surface area contributed by atoms with E-state index in [1.165, 1.54) is 0 Å². The fourth-order valence-electron chi connectivity index (χ4n) is 1.99. The van der Waals surface area contributed by atoms with E-state index in [1.807, 2.05) is 23.9 Å². The number of aromatic amines is 1. The van der Waals surface area contributed by atoms with Gasteiger partial charge in [-0.05, 0) is 37.5 Å². The zero-order chi connectivity index (χ0) is 12.4. The Labute approximate surface area is 110 Å². The average molecular weight is 268 g/mol. The third-order valence-corrected chi connectivity index (χ3v) is 3.89. The summed E-state index contributed by atoms with van der Waals surface area (Å²) in [5, 5.41) is 0. The lowest BCUT2D eigenvalue weighted by atomic mass is 10.3. The van der Waals surface area contributed by atoms with Crippen LogP contribution < -0.4 is 4.74 Å². The zero-order valence-corrected chi connectivity index (χ0v) is 11.8. The molecule has 92 valence electrons. The molecule has 3 nitrogen and oxygen atoms in total. The lowest BCUT2D eigenvalue weighted by molar-refractivity contribution is 0.415. The van der Waals surface area contributed by atoms with E-state index < -0.39 is 0 Å². The van der Waals surface area contributed by atoms with Gasteiger partial charge in [-0.15, -0.1) is 0 Å². The van der Waals surface area contributed by atoms with Crippen molar-refractivity contribution in [1.29, 1.82) is 0 Å². The summed E-state index contributed by atoms with van der Waals surface area (Å²) >= 11 is 7.21. The maximum Gasteiger partial charge on any atom is 0.178 e. The molecule has 0 aliphatic carbocycles. The van der Waals surface area contributed by atoms with Gasteiger partial charge in [-0.3, -0.25) is 0 Å². The third kappa shape index (κ3) is 2.35. The van der Waals surface area contributed by atoms with Gasteiger partial charge in [0.1, 0.15) is 5.75 Å². The monoisotopic (exact) mass is 268 g/mol. The van der Waals surface area contributed by atoms with Gasteiger partial charge in [0.25, 0.3) is 0 Å². The van der Waals surface area contributed by atoms with E-state index in [-0.39, 0.29) is 0 Å². The number of H-pyrrole nitrogens is 1. The normalized spacial score (nSPS) is 12.9. The van der Waals surface area contributed by atoms with Crippen LogP contribution in [0.1, 0.15) is 13.0 Å². The minimum atomic E-state index is 0.389. The van der Waals surface area contributed by atoms with Crippen molar-refractivity contribution in [2.75, 3.05) is 19.1 Å². The summed E-state index contributed by atoms with van der Waals surface area (Å²) in [6, 6.07) is 6.39. The fraction of sp³-hybridized carbons (Fsp3) is 0.417. The lowest BCUT2D eigenvalue weighted by Crippen LogP contribution is -2.07. The van der Waals surface area contributed by atoms with Crippen molar-refractivity contribution >= 4 is 35.0 Å². The van der Waals surface area contributed by atoms with Gasteiger partial charge in [-0.25, -0.2) is 0 Å². The highest BCUT2D eigenvalue weighted by Crippen LogP contribution is 2.24. The van der Waals surface area contributed by atoms with Crippen molar-refractivity contribution < 1.29 is 4.74 Å². The molecule has 1 N–H and O–H groups in total. The second-order valence-corrected chi connectivity index (χ2v) is 5.28. The summed E-state index contributed by atoms with van der Waals surface area (Å²) in [7, 11) is 1.67. The van der Waals surface area contributed by atoms with Gasteiger partial charge in [0, 0.05) is 17.9 Å². The van der Waals surface area contributed by atoms with Gasteiger partial charge in [-0.2, -0.15) is 11.8 Å². The van der Waals surface area contributed by atoms with Gasteiger partial charge in [0.15, 0.2) is 4.77 Å². The molecule has 1 unspecified atom stereocenters. The predicted octanol–water partition coefficient (Wildman–Crippen LogP) is 3.63. The van der Waals surface area contributed by atoms with E-state index in [0.717, 1.165) is 27.3 Å². The van der Waals surface area contributed by atoms with E-state index in [2.05, 4.69) is 28.8 Å². The van der Waals surface area contributed by atoms with Crippen LogP contribution in [0.25, 0.3) is 11.0 Å². The molecular weight excluding hydrogens is 252 g/mol. The molecule has 5 heteroatoms. The maximum atomic E-state index is 5.38. The molecule has 1 atom stereocenters. The highest BCUT2D eigenvalue weighted by molar-refractivity contribution is 7.98. The summed E-state index contributed by atoms with van der Waals surface area (Å²) in [5.74, 6) is 1.89. The zero-order valence-electron chi connectivity index (χ0n) is 10.2. The van der Waals surface area contributed by atoms with Gasteiger partial charge in [0.05, 0.1) is 18.1 Å². The average Bonchev–Trinajstić information content (AvgIpc) is 2.64. The van der Waals surface area contributed by atoms with E-state index in [4.69, 9.17) is 17.0 Å². The molecule has 0 saturated carbocycles. The van der Waals surface area contributed by atoms with Crippen LogP contribution >= 0.6 is 24.0 Å². The second-order valence-electron chi connectivity index (χ2n) is 3.99. The summed E-state index contributed by atoms with van der Waals surface area (Å²) in [4.78, 5) is 3.23. The molecule has 1 aromatic heterocycles. The minimum absolute atomic E-state index is 0.389. The summed E-state index contributed by atoms with van der Waals surface area (Å²) in [6.07, 6.45) is 2.11. The molecule has 2 aromatic rings. The molecule has 0 spiro atoms. The van der Waals surface area contributed by atoms with Crippen molar-refractivity contribution in [3.05, 3.63) is 23.0 Å². The first-order valence-electron chi connectivity index (χ1n) is 5.44. The molecule has 0 aliphatic heterocycles. The Morgan fingerprint density at radius 3 is 2.94 bits per heavy atom. The summed E-state index contributed by atoms with van der Waals surface area (Å²) in [6.45, 7) is 2.18. The Balaban J connectivity index is 2.56. The van der Waals surface area contributed by atoms with Crippen LogP contribution in [0.5, 0.6) is 5.75 Å². The largest absolute Gasteiger partial charge is 0.497 e. The first kappa shape index (κ1) is 12.5. The van der Waals surface area contributed by atoms with Crippen molar-refractivity contribution in [1.82, 2.24) is 9.55 Å². The molecular formula is C12H16N2OS2. The van der Waals surface area contributed by atoms with Crippen LogP contribution in [-0.4, -0.2) is 28.7 Å². The number of imidazole rings is 1. The number of aromatic nitrogens is 2. The van der Waals surface area contributed by atoms with Crippen molar-refractivity contribution in [2.24, 2.45) is 0 Å². The Hall–Kier alpha value is -0.940. The van der Waals surface area contributed by atoms with E-state index in [9.17, 15) is 0 Å². The number of hydrogen-bond donors (Lipinski definition) is 1. The number of nitrogens with zero attached hydrogens (tertiary/aromatic N) is 1. The van der Waals surface area contributed by atoms with Gasteiger partial charge >= 0.3 is 0 Å². The topological polar surface area (TPSA) is 29.9 Å². The highest BCUT2D eigenvalue weighted by atomic mass is 32.2. The predicted molar refractivity (Wildman–Crippen MR) is 76.8 cm³/mol. The van der Waals surface area contributed by atoms with Crippen molar-refractivity contribution in [3.63, 3.8) is 0 Å². The highest BCUT2D eigenvalue weighted by Gasteiger charge is 2.11. The summed E-state index contributed by atoms with van der Waals surface area (Å²) in [5.41, 5.74) is 2.17. The van der Waals surface area contributed by atoms with Crippen LogP contribution in [-0.2, 0) is 0 Å². The van der Waals surface area contributed by atoms with Crippen LogP contribution in [0.4, 0.5) is 0 Å². The van der Waals surface area contributed by atoms with Crippen molar-refractivity contribution in [3.8, 4) is 5.75 Å². The molecule has 1 aromatic carbocycles. The molecule has 2 rings (SSSR count). The number of nitrogens with one attached hydrogen (secondary N) is 1. The maximum absolute atomic E-state index is 5.38. The first-order chi connectivity index (χ1) is 8.17. The molecule has 0 aliphatic rings. The SMILES string of the molecule is COc1ccc2c(c1)[nH]c(=S)n2C(C)CSC. The second kappa shape index (κ2) is 5.14. The molecule has 0 radical (unpaired) electrons. The molecule has 1 heterocycles. The first-order valence-corrected chi connectivity index (χ1v) is 7.24. The Morgan fingerprint density at radius 2 is 2.29 bits per heavy atom. The molecule has 0 fully saturated rings. The van der Waals surface area contributed by atoms with E-state index in [0.29, 0.717) is 6.04 Å². The quantitative estimate of drug-likeness (QED) is 0.859. The lowest BCUT2D eigenvalue weighted by Gasteiger charge is -2.13. The molecule has 17 heavy (non-hydrogen) atoms. The van der Waals surface area contributed by atoms with Gasteiger partial charge in [-0.1, -0.05) is 0 Å². The molecule has 0 saturated heterocycles. The number of thioether (sulfide) groups is 1. The van der Waals surface area contributed by atoms with E-state index >= 15 is 0 Å². The smallest absolute Gasteiger partial charge is 0.178 e. The van der Waals surface area contributed by atoms with Crippen LogP contribution in [0.3, 0.4) is 0 Å². The number of ether oxygens (including phenoxy) is 1. The molecule has 0 bridgehead atoms. The van der Waals surface area contributed by atoms with Gasteiger partial charge < -0.3 is 14.3 Å². The number of hydrogen-bond acceptors (Lipinski definition) is 3. The number of fused-ring (bicyclic) bond motifs is 1. The minimum Gasteiger partial charge on any atom is -0.497 e.